The van der Waals surface area contributed by atoms with Gasteiger partial charge in [-0.1, -0.05) is 24.3 Å². The second kappa shape index (κ2) is 9.56. The van der Waals surface area contributed by atoms with Crippen LogP contribution in [0, 0.1) is 5.92 Å². The molecule has 33 heavy (non-hydrogen) atoms. The lowest BCUT2D eigenvalue weighted by molar-refractivity contribution is -0.130. The Balaban J connectivity index is 1.56. The fourth-order valence-corrected chi connectivity index (χ4v) is 3.44. The van der Waals surface area contributed by atoms with Crippen molar-refractivity contribution in [2.75, 3.05) is 38.4 Å². The molecule has 3 aromatic rings. The summed E-state index contributed by atoms with van der Waals surface area (Å²) in [4.78, 5) is 34.7. The van der Waals surface area contributed by atoms with Gasteiger partial charge in [0, 0.05) is 25.9 Å². The van der Waals surface area contributed by atoms with Crippen molar-refractivity contribution in [3.63, 3.8) is 0 Å². The number of amides is 2. The first kappa shape index (κ1) is 22.1. The molecule has 0 saturated heterocycles. The molecule has 0 bridgehead atoms. The summed E-state index contributed by atoms with van der Waals surface area (Å²) in [5.41, 5.74) is 8.47. The number of nitrogens with zero attached hydrogens (tertiary/aromatic N) is 3. The number of benzene rings is 2. The minimum atomic E-state index is -0.350. The number of likely N-dealkylation sites (N-methyl/N-ethyl adjacent to an activating group) is 1. The van der Waals surface area contributed by atoms with Crippen molar-refractivity contribution in [1.82, 2.24) is 14.9 Å². The number of nitrogen functional groups attached to an aromatic ring is 1. The molecule has 0 aliphatic carbocycles. The number of anilines is 2. The lowest BCUT2D eigenvalue weighted by atomic mass is 9.96. The normalized spacial score (nSPS) is 14.5. The predicted molar refractivity (Wildman–Crippen MR) is 124 cm³/mol. The average molecular weight is 447 g/mol. The van der Waals surface area contributed by atoms with Crippen LogP contribution in [0.2, 0.25) is 0 Å². The molecule has 2 aromatic carbocycles. The van der Waals surface area contributed by atoms with E-state index in [0.717, 1.165) is 11.3 Å². The van der Waals surface area contributed by atoms with Gasteiger partial charge in [0.2, 0.25) is 11.9 Å². The monoisotopic (exact) mass is 447 g/mol. The Bertz CT molecular complexity index is 1180. The van der Waals surface area contributed by atoms with Crippen molar-refractivity contribution in [2.24, 2.45) is 5.92 Å². The molecule has 4 rings (SSSR count). The van der Waals surface area contributed by atoms with Crippen molar-refractivity contribution in [3.05, 3.63) is 60.3 Å². The molecular weight excluding hydrogens is 422 g/mol. The van der Waals surface area contributed by atoms with Gasteiger partial charge in [0.05, 0.1) is 17.3 Å². The SMILES string of the molecule is CN(C)C(=O)COc1cc(-c2ccnc(N)n2)ccc1NC(=O)C1COc2ccccc2C1. The zero-order chi connectivity index (χ0) is 23.4. The number of para-hydroxylation sites is 1. The van der Waals surface area contributed by atoms with Crippen LogP contribution in [0.25, 0.3) is 11.3 Å². The van der Waals surface area contributed by atoms with Crippen LogP contribution >= 0.6 is 0 Å². The summed E-state index contributed by atoms with van der Waals surface area (Å²) in [5, 5.41) is 2.93. The summed E-state index contributed by atoms with van der Waals surface area (Å²) in [6.45, 7) is 0.113. The third-order valence-electron chi connectivity index (χ3n) is 5.31. The largest absolute Gasteiger partial charge is 0.492 e. The lowest BCUT2D eigenvalue weighted by Gasteiger charge is -2.25. The van der Waals surface area contributed by atoms with Gasteiger partial charge in [-0.3, -0.25) is 9.59 Å². The fourth-order valence-electron chi connectivity index (χ4n) is 3.44. The first-order valence-corrected chi connectivity index (χ1v) is 10.5. The summed E-state index contributed by atoms with van der Waals surface area (Å²) in [7, 11) is 3.30. The molecule has 3 N–H and O–H groups in total. The van der Waals surface area contributed by atoms with Crippen LogP contribution in [0.4, 0.5) is 11.6 Å². The topological polar surface area (TPSA) is 120 Å². The second-order valence-electron chi connectivity index (χ2n) is 7.90. The van der Waals surface area contributed by atoms with Gasteiger partial charge in [-0.2, -0.15) is 0 Å². The summed E-state index contributed by atoms with van der Waals surface area (Å²) < 4.78 is 11.5. The number of nitrogens with one attached hydrogen (secondary N) is 1. The zero-order valence-electron chi connectivity index (χ0n) is 18.4. The van der Waals surface area contributed by atoms with Crippen LogP contribution in [-0.2, 0) is 16.0 Å². The number of hydrogen-bond acceptors (Lipinski definition) is 7. The summed E-state index contributed by atoms with van der Waals surface area (Å²) in [5.74, 6) is 0.561. The van der Waals surface area contributed by atoms with Gasteiger partial charge in [0.25, 0.3) is 5.91 Å². The minimum absolute atomic E-state index is 0.146. The fraction of sp³-hybridized carbons (Fsp3) is 0.250. The number of nitrogens with two attached hydrogens (primary N) is 1. The van der Waals surface area contributed by atoms with Gasteiger partial charge in [0.15, 0.2) is 6.61 Å². The number of hydrogen-bond donors (Lipinski definition) is 2. The van der Waals surface area contributed by atoms with E-state index < -0.39 is 0 Å². The van der Waals surface area contributed by atoms with Gasteiger partial charge in [-0.15, -0.1) is 0 Å². The van der Waals surface area contributed by atoms with E-state index in [4.69, 9.17) is 15.2 Å². The molecule has 1 unspecified atom stereocenters. The van der Waals surface area contributed by atoms with Gasteiger partial charge in [-0.05, 0) is 36.2 Å². The maximum atomic E-state index is 13.0. The molecule has 9 heteroatoms. The van der Waals surface area contributed by atoms with E-state index in [1.165, 1.54) is 4.90 Å². The predicted octanol–water partition coefficient (Wildman–Crippen LogP) is 2.38. The molecule has 1 atom stereocenters. The number of ether oxygens (including phenoxy) is 2. The Morgan fingerprint density at radius 2 is 2.03 bits per heavy atom. The molecule has 170 valence electrons. The lowest BCUT2D eigenvalue weighted by Crippen LogP contribution is -2.33. The standard InChI is InChI=1S/C24H25N5O4/c1-29(2)22(30)14-33-21-12-15(18-9-10-26-24(25)28-18)7-8-19(21)27-23(31)17-11-16-5-3-4-6-20(16)32-13-17/h3-10,12,17H,11,13-14H2,1-2H3,(H,27,31)(H2,25,26,28). The highest BCUT2D eigenvalue weighted by Gasteiger charge is 2.26. The van der Waals surface area contributed by atoms with E-state index in [-0.39, 0.29) is 36.9 Å². The van der Waals surface area contributed by atoms with Crippen LogP contribution in [-0.4, -0.2) is 54.0 Å². The Labute approximate surface area is 191 Å². The highest BCUT2D eigenvalue weighted by atomic mass is 16.5. The summed E-state index contributed by atoms with van der Waals surface area (Å²) in [6.07, 6.45) is 2.14. The molecule has 1 aliphatic rings. The maximum absolute atomic E-state index is 13.0. The smallest absolute Gasteiger partial charge is 0.259 e. The van der Waals surface area contributed by atoms with Gasteiger partial charge < -0.3 is 25.4 Å². The Morgan fingerprint density at radius 1 is 1.21 bits per heavy atom. The van der Waals surface area contributed by atoms with E-state index in [0.29, 0.717) is 29.1 Å². The summed E-state index contributed by atoms with van der Waals surface area (Å²) >= 11 is 0. The van der Waals surface area contributed by atoms with Crippen LogP contribution in [0.5, 0.6) is 11.5 Å². The van der Waals surface area contributed by atoms with Gasteiger partial charge >= 0.3 is 0 Å². The van der Waals surface area contributed by atoms with Crippen molar-refractivity contribution in [2.45, 2.75) is 6.42 Å². The number of carbonyl (C=O) groups is 2. The zero-order valence-corrected chi connectivity index (χ0v) is 18.4. The highest BCUT2D eigenvalue weighted by Crippen LogP contribution is 2.32. The van der Waals surface area contributed by atoms with Crippen LogP contribution in [0.1, 0.15) is 5.56 Å². The van der Waals surface area contributed by atoms with Gasteiger partial charge in [-0.25, -0.2) is 9.97 Å². The average Bonchev–Trinajstić information content (AvgIpc) is 2.82. The van der Waals surface area contributed by atoms with E-state index in [9.17, 15) is 9.59 Å². The van der Waals surface area contributed by atoms with Crippen molar-refractivity contribution < 1.29 is 19.1 Å². The van der Waals surface area contributed by atoms with E-state index in [2.05, 4.69) is 15.3 Å². The number of rotatable bonds is 6. The molecule has 9 nitrogen and oxygen atoms in total. The third kappa shape index (κ3) is 5.20. The molecular formula is C24H25N5O4. The van der Waals surface area contributed by atoms with E-state index >= 15 is 0 Å². The maximum Gasteiger partial charge on any atom is 0.259 e. The number of carbonyl (C=O) groups excluding carboxylic acids is 2. The van der Waals surface area contributed by atoms with Crippen LogP contribution in [0.3, 0.4) is 0 Å². The summed E-state index contributed by atoms with van der Waals surface area (Å²) in [6, 6.07) is 14.6. The molecule has 0 fully saturated rings. The number of fused-ring (bicyclic) bond motifs is 1. The van der Waals surface area contributed by atoms with Crippen LogP contribution in [0.15, 0.2) is 54.7 Å². The molecule has 2 amide bonds. The van der Waals surface area contributed by atoms with Crippen molar-refractivity contribution in [1.29, 1.82) is 0 Å². The second-order valence-corrected chi connectivity index (χ2v) is 7.90. The molecule has 0 spiro atoms. The first-order chi connectivity index (χ1) is 15.9. The molecule has 2 heterocycles. The van der Waals surface area contributed by atoms with E-state index in [1.807, 2.05) is 24.3 Å². The van der Waals surface area contributed by atoms with Gasteiger partial charge in [0.1, 0.15) is 18.1 Å². The van der Waals surface area contributed by atoms with E-state index in [1.54, 1.807) is 44.6 Å². The first-order valence-electron chi connectivity index (χ1n) is 10.5. The van der Waals surface area contributed by atoms with Crippen molar-refractivity contribution >= 4 is 23.5 Å². The third-order valence-corrected chi connectivity index (χ3v) is 5.31. The van der Waals surface area contributed by atoms with Crippen LogP contribution < -0.4 is 20.5 Å². The molecule has 1 aromatic heterocycles. The Kier molecular flexibility index (Phi) is 6.39. The number of aromatic nitrogens is 2. The Hall–Kier alpha value is -4.14. The Morgan fingerprint density at radius 3 is 2.82 bits per heavy atom. The molecule has 1 aliphatic heterocycles. The molecule has 0 saturated carbocycles. The molecule has 0 radical (unpaired) electrons. The van der Waals surface area contributed by atoms with Crippen molar-refractivity contribution in [3.8, 4) is 22.8 Å². The minimum Gasteiger partial charge on any atom is -0.492 e. The highest BCUT2D eigenvalue weighted by molar-refractivity contribution is 5.95. The quantitative estimate of drug-likeness (QED) is 0.595.